The number of rotatable bonds is 15. The number of nitrogens with one attached hydrogen (secondary N) is 6. The largest absolute Gasteiger partial charge is 0.508 e. The molecule has 23 heteroatoms. The van der Waals surface area contributed by atoms with Gasteiger partial charge in [-0.05, 0) is 49.8 Å². The van der Waals surface area contributed by atoms with E-state index < -0.39 is 109 Å². The Bertz CT molecular complexity index is 1610. The van der Waals surface area contributed by atoms with Crippen LogP contribution < -0.4 is 49.1 Å². The lowest BCUT2D eigenvalue weighted by Gasteiger charge is -2.39. The normalized spacial score (nSPS) is 27.6. The predicted molar refractivity (Wildman–Crippen MR) is 197 cm³/mol. The van der Waals surface area contributed by atoms with Crippen LogP contribution in [-0.2, 0) is 44.7 Å². The van der Waals surface area contributed by atoms with E-state index in [0.29, 0.717) is 5.56 Å². The first kappa shape index (κ1) is 45.8. The van der Waals surface area contributed by atoms with Crippen molar-refractivity contribution in [1.29, 1.82) is 0 Å². The minimum Gasteiger partial charge on any atom is -0.508 e. The molecule has 17 N–H and O–H groups in total. The molecule has 2 heterocycles. The highest BCUT2D eigenvalue weighted by Gasteiger charge is 2.46. The Labute approximate surface area is 326 Å². The molecule has 1 aromatic carbocycles. The number of nitrogens with zero attached hydrogens (tertiary/aromatic N) is 1. The van der Waals surface area contributed by atoms with Crippen molar-refractivity contribution in [3.8, 4) is 5.75 Å². The second-order valence-corrected chi connectivity index (χ2v) is 13.5. The molecule has 57 heavy (non-hydrogen) atoms. The molecule has 316 valence electrons. The Balaban J connectivity index is 1.86. The molecule has 2 fully saturated rings. The third-order valence-corrected chi connectivity index (χ3v) is 9.10. The topological polar surface area (TPSA) is 392 Å². The third kappa shape index (κ3) is 14.4. The zero-order valence-corrected chi connectivity index (χ0v) is 31.0. The Hall–Kier alpha value is -5.62. The van der Waals surface area contributed by atoms with E-state index in [-0.39, 0.29) is 69.9 Å². The van der Waals surface area contributed by atoms with Crippen molar-refractivity contribution >= 4 is 47.4 Å². The van der Waals surface area contributed by atoms with Crippen LogP contribution in [0.25, 0.3) is 0 Å². The quantitative estimate of drug-likeness (QED) is 0.0445. The average Bonchev–Trinajstić information content (AvgIpc) is 3.16. The van der Waals surface area contributed by atoms with Crippen LogP contribution >= 0.6 is 0 Å². The number of carbonyl (C=O) groups is 7. The van der Waals surface area contributed by atoms with E-state index >= 15 is 0 Å². The van der Waals surface area contributed by atoms with Gasteiger partial charge in [0.25, 0.3) is 5.91 Å². The van der Waals surface area contributed by atoms with Crippen molar-refractivity contribution in [3.05, 3.63) is 29.8 Å². The Kier molecular flexibility index (Phi) is 17.8. The van der Waals surface area contributed by atoms with E-state index in [1.165, 1.54) is 24.3 Å². The standard InChI is InChI=1S/C34H52N10O13/c35-14-22-25(49)26(50)27(51)28(57-22)33(56)38-10-2-1-4-19-30(53)42-18(5-3-11-39-34(36)37)29(52)40-15-23(46)41-21(13-24(47)48)32(55)44-20(31(54)43-19)12-16-6-8-17(45)9-7-16/h6-9,18-22,25-28,45,49-51H,1-5,10-15,35H2,(H,38,56)(H,40,52)(H,41,46)(H,42,53)(H,43,54)(H,44,55)(H,47,48)(H4,36,37,39)/t18-,19-,20+,21-,22+,25+,26-,27-,28+/m0/s1. The van der Waals surface area contributed by atoms with Gasteiger partial charge in [-0.15, -0.1) is 0 Å². The molecule has 0 saturated carbocycles. The molecule has 2 saturated heterocycles. The third-order valence-electron chi connectivity index (χ3n) is 9.10. The van der Waals surface area contributed by atoms with Gasteiger partial charge >= 0.3 is 5.97 Å². The van der Waals surface area contributed by atoms with E-state index in [9.17, 15) is 59.1 Å². The van der Waals surface area contributed by atoms with Crippen molar-refractivity contribution in [2.24, 2.45) is 22.2 Å². The maximum absolute atomic E-state index is 13.9. The van der Waals surface area contributed by atoms with Crippen LogP contribution in [0.4, 0.5) is 0 Å². The van der Waals surface area contributed by atoms with E-state index in [0.717, 1.165) is 0 Å². The van der Waals surface area contributed by atoms with Crippen LogP contribution in [0.2, 0.25) is 0 Å². The molecule has 0 aliphatic carbocycles. The van der Waals surface area contributed by atoms with Gasteiger partial charge in [-0.3, -0.25) is 38.6 Å². The van der Waals surface area contributed by atoms with Crippen LogP contribution in [0.15, 0.2) is 29.3 Å². The summed E-state index contributed by atoms with van der Waals surface area (Å²) in [7, 11) is 0. The number of aliphatic carboxylic acids is 1. The number of ether oxygens (including phenoxy) is 1. The van der Waals surface area contributed by atoms with Gasteiger partial charge in [0.2, 0.25) is 29.5 Å². The fourth-order valence-corrected chi connectivity index (χ4v) is 6.00. The van der Waals surface area contributed by atoms with Gasteiger partial charge in [-0.1, -0.05) is 12.1 Å². The number of aromatic hydroxyl groups is 1. The lowest BCUT2D eigenvalue weighted by molar-refractivity contribution is -0.217. The van der Waals surface area contributed by atoms with Crippen LogP contribution in [0.1, 0.15) is 44.1 Å². The number of phenolic OH excluding ortho intramolecular Hbond substituents is 1. The van der Waals surface area contributed by atoms with E-state index in [1.807, 2.05) is 0 Å². The first-order chi connectivity index (χ1) is 27.0. The van der Waals surface area contributed by atoms with E-state index in [4.69, 9.17) is 21.9 Å². The molecule has 0 aromatic heterocycles. The van der Waals surface area contributed by atoms with Gasteiger partial charge in [-0.2, -0.15) is 0 Å². The van der Waals surface area contributed by atoms with Crippen molar-refractivity contribution in [2.45, 2.75) is 99.6 Å². The highest BCUT2D eigenvalue weighted by Crippen LogP contribution is 2.21. The van der Waals surface area contributed by atoms with Crippen molar-refractivity contribution < 1.29 is 63.8 Å². The van der Waals surface area contributed by atoms with Gasteiger partial charge < -0.3 is 79.4 Å². The fourth-order valence-electron chi connectivity index (χ4n) is 6.00. The highest BCUT2D eigenvalue weighted by atomic mass is 16.5. The van der Waals surface area contributed by atoms with Crippen LogP contribution in [-0.4, -0.2) is 154 Å². The number of phenols is 1. The number of aliphatic imine (C=N–C) groups is 1. The molecular weight excluding hydrogens is 756 g/mol. The number of benzene rings is 1. The molecule has 6 amide bonds. The second-order valence-electron chi connectivity index (χ2n) is 13.5. The number of amides is 6. The minimum absolute atomic E-state index is 0.0268. The smallest absolute Gasteiger partial charge is 0.305 e. The summed E-state index contributed by atoms with van der Waals surface area (Å²) in [5.74, 6) is -7.08. The summed E-state index contributed by atoms with van der Waals surface area (Å²) in [4.78, 5) is 95.5. The number of unbranched alkanes of at least 4 members (excludes halogenated alkanes) is 1. The molecule has 23 nitrogen and oxygen atoms in total. The first-order valence-electron chi connectivity index (χ1n) is 18.2. The number of carbonyl (C=O) groups excluding carboxylic acids is 6. The summed E-state index contributed by atoms with van der Waals surface area (Å²) < 4.78 is 5.38. The molecule has 0 unspecified atom stereocenters. The van der Waals surface area contributed by atoms with Gasteiger partial charge in [-0.25, -0.2) is 0 Å². The summed E-state index contributed by atoms with van der Waals surface area (Å²) in [6, 6.07) is -0.139. The number of guanidine groups is 1. The van der Waals surface area contributed by atoms with Gasteiger partial charge in [0.15, 0.2) is 12.1 Å². The van der Waals surface area contributed by atoms with Crippen molar-refractivity contribution in [3.63, 3.8) is 0 Å². The number of hydrogen-bond acceptors (Lipinski definition) is 14. The summed E-state index contributed by atoms with van der Waals surface area (Å²) in [5, 5.41) is 64.4. The SMILES string of the molecule is NC[C@H]1O[C@@H](C(=O)NCCCC[C@@H]2NC(=O)[C@@H](Cc3ccc(O)cc3)NC(=O)[C@H](CC(=O)O)NC(=O)CNC(=O)[C@H](CCCN=C(N)N)NC2=O)[C@@H](O)[C@@H](O)[C@@H]1O. The number of aliphatic hydroxyl groups excluding tert-OH is 3. The molecule has 0 bridgehead atoms. The van der Waals surface area contributed by atoms with Gasteiger partial charge in [0.05, 0.1) is 19.1 Å². The number of aliphatic hydroxyl groups is 3. The number of carboxylic acids is 1. The van der Waals surface area contributed by atoms with Crippen molar-refractivity contribution in [1.82, 2.24) is 31.9 Å². The average molecular weight is 809 g/mol. The number of carboxylic acid groups (broad SMARTS) is 1. The molecule has 0 radical (unpaired) electrons. The fraction of sp³-hybridized carbons (Fsp3) is 0.588. The van der Waals surface area contributed by atoms with Gasteiger partial charge in [0, 0.05) is 26.1 Å². The zero-order chi connectivity index (χ0) is 42.2. The van der Waals surface area contributed by atoms with E-state index in [1.54, 1.807) is 0 Å². The summed E-state index contributed by atoms with van der Waals surface area (Å²) in [6.07, 6.45) is -8.25. The van der Waals surface area contributed by atoms with E-state index in [2.05, 4.69) is 36.9 Å². The van der Waals surface area contributed by atoms with Crippen LogP contribution in [0.5, 0.6) is 5.75 Å². The molecule has 9 atom stereocenters. The summed E-state index contributed by atoms with van der Waals surface area (Å²) in [5.41, 5.74) is 16.8. The first-order valence-corrected chi connectivity index (χ1v) is 18.2. The highest BCUT2D eigenvalue weighted by molar-refractivity contribution is 5.98. The molecule has 0 spiro atoms. The number of nitrogens with two attached hydrogens (primary N) is 3. The van der Waals surface area contributed by atoms with Crippen LogP contribution in [0.3, 0.4) is 0 Å². The summed E-state index contributed by atoms with van der Waals surface area (Å²) >= 11 is 0. The van der Waals surface area contributed by atoms with Crippen LogP contribution in [0, 0.1) is 0 Å². The predicted octanol–water partition coefficient (Wildman–Crippen LogP) is -6.37. The maximum atomic E-state index is 13.9. The maximum Gasteiger partial charge on any atom is 0.305 e. The molecule has 2 aliphatic rings. The molecule has 1 aromatic rings. The van der Waals surface area contributed by atoms with Crippen molar-refractivity contribution in [2.75, 3.05) is 26.2 Å². The zero-order valence-electron chi connectivity index (χ0n) is 31.0. The monoisotopic (exact) mass is 808 g/mol. The minimum atomic E-state index is -1.75. The molecule has 3 rings (SSSR count). The van der Waals surface area contributed by atoms with Gasteiger partial charge in [0.1, 0.15) is 48.2 Å². The molecular formula is C34H52N10O13. The second kappa shape index (κ2) is 22.2. The lowest BCUT2D eigenvalue weighted by Crippen LogP contribution is -2.62. The Morgan fingerprint density at radius 2 is 1.39 bits per heavy atom. The Morgan fingerprint density at radius 3 is 2.02 bits per heavy atom. The lowest BCUT2D eigenvalue weighted by atomic mass is 9.94. The number of hydrogen-bond donors (Lipinski definition) is 14. The Morgan fingerprint density at radius 1 is 0.789 bits per heavy atom. The molecule has 2 aliphatic heterocycles. The summed E-state index contributed by atoms with van der Waals surface area (Å²) in [6.45, 7) is -0.893.